The smallest absolute Gasteiger partial charge is 0.150 e. The van der Waals surface area contributed by atoms with Crippen LogP contribution in [0.1, 0.15) is 19.4 Å². The number of hydrogen-bond acceptors (Lipinski definition) is 5. The van der Waals surface area contributed by atoms with Gasteiger partial charge in [-0.3, -0.25) is 5.43 Å². The molecule has 1 heterocycles. The number of benzene rings is 2. The Morgan fingerprint density at radius 2 is 1.67 bits per heavy atom. The quantitative estimate of drug-likeness (QED) is 0.901. The molecule has 3 N–H and O–H groups in total. The molecule has 0 spiro atoms. The van der Waals surface area contributed by atoms with Gasteiger partial charge in [0.15, 0.2) is 5.84 Å². The molecule has 5 nitrogen and oxygen atoms in total. The van der Waals surface area contributed by atoms with Crippen molar-refractivity contribution in [3.05, 3.63) is 65.9 Å². The molecule has 0 amide bonds. The van der Waals surface area contributed by atoms with Crippen molar-refractivity contribution in [1.82, 2.24) is 5.43 Å². The molecule has 0 aromatic heterocycles. The minimum atomic E-state index is 0.260. The van der Waals surface area contributed by atoms with Gasteiger partial charge in [-0.15, -0.1) is 0 Å². The Bertz CT molecular complexity index is 790. The monoisotopic (exact) mass is 320 g/mol. The summed E-state index contributed by atoms with van der Waals surface area (Å²) in [6.07, 6.45) is 1.41. The summed E-state index contributed by atoms with van der Waals surface area (Å²) in [4.78, 5) is 4.07. The lowest BCUT2D eigenvalue weighted by atomic mass is 9.93. The van der Waals surface area contributed by atoms with E-state index in [0.717, 1.165) is 28.3 Å². The van der Waals surface area contributed by atoms with Gasteiger partial charge in [0.1, 0.15) is 23.5 Å². The van der Waals surface area contributed by atoms with Gasteiger partial charge in [0.25, 0.3) is 0 Å². The minimum absolute atomic E-state index is 0.260. The van der Waals surface area contributed by atoms with Crippen molar-refractivity contribution in [2.24, 2.45) is 21.7 Å². The zero-order valence-corrected chi connectivity index (χ0v) is 13.7. The molecule has 0 fully saturated rings. The van der Waals surface area contributed by atoms with Crippen molar-refractivity contribution in [3.8, 4) is 11.5 Å². The number of para-hydroxylation sites is 1. The van der Waals surface area contributed by atoms with Gasteiger partial charge in [-0.05, 0) is 41.3 Å². The van der Waals surface area contributed by atoms with E-state index in [-0.39, 0.29) is 5.92 Å². The van der Waals surface area contributed by atoms with E-state index in [1.165, 1.54) is 6.34 Å². The fourth-order valence-electron chi connectivity index (χ4n) is 2.60. The summed E-state index contributed by atoms with van der Waals surface area (Å²) in [6, 6.07) is 17.7. The third-order valence-corrected chi connectivity index (χ3v) is 3.68. The topological polar surface area (TPSA) is 72.0 Å². The highest BCUT2D eigenvalue weighted by molar-refractivity contribution is 6.07. The van der Waals surface area contributed by atoms with E-state index in [9.17, 15) is 0 Å². The molecular weight excluding hydrogens is 300 g/mol. The third-order valence-electron chi connectivity index (χ3n) is 3.68. The van der Waals surface area contributed by atoms with Gasteiger partial charge in [-0.2, -0.15) is 5.10 Å². The largest absolute Gasteiger partial charge is 0.457 e. The molecule has 3 rings (SSSR count). The average Bonchev–Trinajstić information content (AvgIpc) is 2.59. The van der Waals surface area contributed by atoms with Crippen molar-refractivity contribution in [3.63, 3.8) is 0 Å². The fraction of sp³-hybridized carbons (Fsp3) is 0.158. The predicted octanol–water partition coefficient (Wildman–Crippen LogP) is 3.75. The van der Waals surface area contributed by atoms with E-state index >= 15 is 0 Å². The second kappa shape index (κ2) is 7.00. The maximum atomic E-state index is 6.00. The second-order valence-corrected chi connectivity index (χ2v) is 5.75. The molecule has 0 bridgehead atoms. The molecule has 1 aliphatic heterocycles. The zero-order chi connectivity index (χ0) is 16.9. The van der Waals surface area contributed by atoms with E-state index in [0.29, 0.717) is 5.84 Å². The van der Waals surface area contributed by atoms with Crippen molar-refractivity contribution in [2.45, 2.75) is 13.8 Å². The van der Waals surface area contributed by atoms with E-state index in [4.69, 9.17) is 10.5 Å². The van der Waals surface area contributed by atoms with Gasteiger partial charge < -0.3 is 10.5 Å². The Morgan fingerprint density at radius 3 is 2.29 bits per heavy atom. The van der Waals surface area contributed by atoms with Crippen LogP contribution >= 0.6 is 0 Å². The highest BCUT2D eigenvalue weighted by Gasteiger charge is 2.17. The normalized spacial score (nSPS) is 15.7. The summed E-state index contributed by atoms with van der Waals surface area (Å²) in [6.45, 7) is 4.23. The lowest BCUT2D eigenvalue weighted by Crippen LogP contribution is -2.29. The van der Waals surface area contributed by atoms with Crippen LogP contribution < -0.4 is 15.9 Å². The molecule has 2 aromatic carbocycles. The molecule has 1 aliphatic rings. The molecule has 0 aliphatic carbocycles. The van der Waals surface area contributed by atoms with Crippen molar-refractivity contribution in [1.29, 1.82) is 0 Å². The van der Waals surface area contributed by atoms with Crippen LogP contribution in [0.25, 0.3) is 5.57 Å². The van der Waals surface area contributed by atoms with E-state index < -0.39 is 0 Å². The van der Waals surface area contributed by atoms with E-state index in [2.05, 4.69) is 29.4 Å². The number of nitrogens with two attached hydrogens (primary N) is 1. The van der Waals surface area contributed by atoms with Gasteiger partial charge in [0.05, 0.1) is 0 Å². The Balaban J connectivity index is 1.89. The molecule has 0 saturated carbocycles. The number of amidine groups is 1. The second-order valence-electron chi connectivity index (χ2n) is 5.75. The van der Waals surface area contributed by atoms with E-state index in [1.54, 1.807) is 0 Å². The SMILES string of the molecule is CC(C)/C(=C1\NN=CN=C1N)c1ccc(Oc2ccccc2)cc1. The van der Waals surface area contributed by atoms with Crippen molar-refractivity contribution >= 4 is 17.7 Å². The van der Waals surface area contributed by atoms with Crippen LogP contribution in [-0.2, 0) is 0 Å². The number of nitrogens with one attached hydrogen (secondary N) is 1. The van der Waals surface area contributed by atoms with Crippen LogP contribution in [0.5, 0.6) is 11.5 Å². The lowest BCUT2D eigenvalue weighted by Gasteiger charge is -2.19. The highest BCUT2D eigenvalue weighted by atomic mass is 16.5. The number of rotatable bonds is 4. The summed E-state index contributed by atoms with van der Waals surface area (Å²) in [5.74, 6) is 2.30. The Morgan fingerprint density at radius 1 is 1.00 bits per heavy atom. The number of ether oxygens (including phenoxy) is 1. The molecule has 122 valence electrons. The number of aliphatic imine (C=N–C) groups is 1. The van der Waals surface area contributed by atoms with Crippen LogP contribution in [0, 0.1) is 5.92 Å². The Kier molecular flexibility index (Phi) is 4.61. The van der Waals surface area contributed by atoms with Gasteiger partial charge in [0.2, 0.25) is 0 Å². The number of allylic oxidation sites excluding steroid dienone is 1. The molecule has 5 heteroatoms. The van der Waals surface area contributed by atoms with Crippen LogP contribution in [0.2, 0.25) is 0 Å². The van der Waals surface area contributed by atoms with Gasteiger partial charge in [0, 0.05) is 0 Å². The minimum Gasteiger partial charge on any atom is -0.457 e. The first-order valence-electron chi connectivity index (χ1n) is 7.84. The van der Waals surface area contributed by atoms with Crippen LogP contribution in [0.3, 0.4) is 0 Å². The summed E-state index contributed by atoms with van der Waals surface area (Å²) < 4.78 is 5.84. The summed E-state index contributed by atoms with van der Waals surface area (Å²) in [5, 5.41) is 3.99. The summed E-state index contributed by atoms with van der Waals surface area (Å²) in [5.41, 5.74) is 11.8. The Labute approximate surface area is 141 Å². The fourth-order valence-corrected chi connectivity index (χ4v) is 2.60. The van der Waals surface area contributed by atoms with Crippen LogP contribution in [0.15, 0.2) is 70.4 Å². The first-order chi connectivity index (χ1) is 11.6. The molecule has 0 unspecified atom stereocenters. The summed E-state index contributed by atoms with van der Waals surface area (Å²) in [7, 11) is 0. The first kappa shape index (κ1) is 15.8. The summed E-state index contributed by atoms with van der Waals surface area (Å²) >= 11 is 0. The highest BCUT2D eigenvalue weighted by Crippen LogP contribution is 2.29. The maximum absolute atomic E-state index is 6.00. The standard InChI is InChI=1S/C19H20N4O/c1-13(2)17(18-19(20)21-12-22-23-18)14-8-10-16(11-9-14)24-15-6-4-3-5-7-15/h3-13,23H,1-2H3,(H2,20,21,22)/b18-17+. The van der Waals surface area contributed by atoms with Crippen LogP contribution in [0.4, 0.5) is 0 Å². The number of nitrogens with zero attached hydrogens (tertiary/aromatic N) is 2. The van der Waals surface area contributed by atoms with Gasteiger partial charge in [-0.25, -0.2) is 4.99 Å². The third kappa shape index (κ3) is 3.46. The molecule has 0 saturated heterocycles. The number of hydrazone groups is 1. The predicted molar refractivity (Wildman–Crippen MR) is 98.0 cm³/mol. The van der Waals surface area contributed by atoms with Gasteiger partial charge in [-0.1, -0.05) is 44.2 Å². The lowest BCUT2D eigenvalue weighted by molar-refractivity contribution is 0.482. The molecular formula is C19H20N4O. The van der Waals surface area contributed by atoms with Crippen molar-refractivity contribution < 1.29 is 4.74 Å². The zero-order valence-electron chi connectivity index (χ0n) is 13.7. The van der Waals surface area contributed by atoms with Crippen molar-refractivity contribution in [2.75, 3.05) is 0 Å². The molecule has 0 atom stereocenters. The Hall–Kier alpha value is -3.08. The molecule has 24 heavy (non-hydrogen) atoms. The average molecular weight is 320 g/mol. The number of hydrogen-bond donors (Lipinski definition) is 2. The molecule has 0 radical (unpaired) electrons. The van der Waals surface area contributed by atoms with E-state index in [1.807, 2.05) is 54.6 Å². The first-order valence-corrected chi connectivity index (χ1v) is 7.84. The molecule has 2 aromatic rings. The van der Waals surface area contributed by atoms with Crippen LogP contribution in [-0.4, -0.2) is 12.2 Å². The van der Waals surface area contributed by atoms with Gasteiger partial charge >= 0.3 is 0 Å². The maximum Gasteiger partial charge on any atom is 0.150 e.